The maximum absolute atomic E-state index is 8.82. The molecule has 2 rings (SSSR count). The summed E-state index contributed by atoms with van der Waals surface area (Å²) in [6.45, 7) is 7.76. The van der Waals surface area contributed by atoms with Crippen LogP contribution >= 0.6 is 0 Å². The summed E-state index contributed by atoms with van der Waals surface area (Å²) in [5.74, 6) is 0.756. The van der Waals surface area contributed by atoms with E-state index in [2.05, 4.69) is 29.0 Å². The van der Waals surface area contributed by atoms with Crippen molar-refractivity contribution in [2.24, 2.45) is 0 Å². The highest BCUT2D eigenvalue weighted by molar-refractivity contribution is 5.38. The Hall–Kier alpha value is -1.64. The number of pyridine rings is 1. The average Bonchev–Trinajstić information content (AvgIpc) is 2.45. The van der Waals surface area contributed by atoms with E-state index in [4.69, 9.17) is 10.00 Å². The van der Waals surface area contributed by atoms with Gasteiger partial charge in [0.05, 0.1) is 13.2 Å². The molecule has 5 heteroatoms. The van der Waals surface area contributed by atoms with Gasteiger partial charge >= 0.3 is 0 Å². The SMILES string of the molecule is CC(CNc1cccc(C#N)n1)N1CCOCC1C. The molecule has 0 spiro atoms. The van der Waals surface area contributed by atoms with E-state index in [1.165, 1.54) is 0 Å². The number of hydrogen-bond acceptors (Lipinski definition) is 5. The van der Waals surface area contributed by atoms with Crippen molar-refractivity contribution >= 4 is 5.82 Å². The Morgan fingerprint density at radius 2 is 2.47 bits per heavy atom. The lowest BCUT2D eigenvalue weighted by molar-refractivity contribution is -0.0159. The number of rotatable bonds is 4. The molecule has 1 aliphatic rings. The minimum Gasteiger partial charge on any atom is -0.379 e. The molecule has 1 aliphatic heterocycles. The van der Waals surface area contributed by atoms with Crippen molar-refractivity contribution in [2.75, 3.05) is 31.6 Å². The Bertz CT molecular complexity index is 457. The highest BCUT2D eigenvalue weighted by Gasteiger charge is 2.23. The van der Waals surface area contributed by atoms with Crippen LogP contribution in [0, 0.1) is 11.3 Å². The van der Waals surface area contributed by atoms with Gasteiger partial charge in [0.2, 0.25) is 0 Å². The standard InChI is InChI=1S/C14H20N4O/c1-11(18-6-7-19-10-12(18)2)9-16-14-5-3-4-13(8-15)17-14/h3-5,11-12H,6-7,9-10H2,1-2H3,(H,16,17). The van der Waals surface area contributed by atoms with Gasteiger partial charge in [0.15, 0.2) is 0 Å². The normalized spacial score (nSPS) is 21.6. The van der Waals surface area contributed by atoms with Gasteiger partial charge in [0.1, 0.15) is 17.6 Å². The summed E-state index contributed by atoms with van der Waals surface area (Å²) < 4.78 is 5.44. The molecule has 0 amide bonds. The van der Waals surface area contributed by atoms with Crippen LogP contribution in [0.25, 0.3) is 0 Å². The van der Waals surface area contributed by atoms with E-state index in [1.807, 2.05) is 18.2 Å². The lowest BCUT2D eigenvalue weighted by Crippen LogP contribution is -2.50. The molecule has 1 N–H and O–H groups in total. The fourth-order valence-electron chi connectivity index (χ4n) is 2.36. The van der Waals surface area contributed by atoms with Crippen LogP contribution in [0.5, 0.6) is 0 Å². The highest BCUT2D eigenvalue weighted by atomic mass is 16.5. The first-order chi connectivity index (χ1) is 9.20. The molecule has 0 bridgehead atoms. The van der Waals surface area contributed by atoms with Crippen LogP contribution in [0.1, 0.15) is 19.5 Å². The molecule has 2 atom stereocenters. The van der Waals surface area contributed by atoms with E-state index in [-0.39, 0.29) is 0 Å². The number of ether oxygens (including phenoxy) is 1. The molecule has 0 radical (unpaired) electrons. The number of nitriles is 1. The quantitative estimate of drug-likeness (QED) is 0.888. The minimum absolute atomic E-state index is 0.409. The predicted molar refractivity (Wildman–Crippen MR) is 73.9 cm³/mol. The van der Waals surface area contributed by atoms with Crippen LogP contribution in [0.2, 0.25) is 0 Å². The largest absolute Gasteiger partial charge is 0.379 e. The van der Waals surface area contributed by atoms with Crippen LogP contribution in [0.4, 0.5) is 5.82 Å². The van der Waals surface area contributed by atoms with Gasteiger partial charge in [-0.1, -0.05) is 6.07 Å². The van der Waals surface area contributed by atoms with Crippen molar-refractivity contribution in [2.45, 2.75) is 25.9 Å². The lowest BCUT2D eigenvalue weighted by Gasteiger charge is -2.37. The minimum atomic E-state index is 0.409. The maximum Gasteiger partial charge on any atom is 0.142 e. The fourth-order valence-corrected chi connectivity index (χ4v) is 2.36. The van der Waals surface area contributed by atoms with Crippen LogP contribution < -0.4 is 5.32 Å². The van der Waals surface area contributed by atoms with E-state index in [0.717, 1.165) is 32.1 Å². The number of hydrogen-bond donors (Lipinski definition) is 1. The molecule has 2 unspecified atom stereocenters. The van der Waals surface area contributed by atoms with E-state index >= 15 is 0 Å². The van der Waals surface area contributed by atoms with E-state index in [9.17, 15) is 0 Å². The number of nitrogens with zero attached hydrogens (tertiary/aromatic N) is 3. The second kappa shape index (κ2) is 6.50. The molecule has 1 saturated heterocycles. The van der Waals surface area contributed by atoms with Gasteiger partial charge in [-0.15, -0.1) is 0 Å². The molecule has 0 aromatic carbocycles. The van der Waals surface area contributed by atoms with Gasteiger partial charge < -0.3 is 10.1 Å². The molecule has 5 nitrogen and oxygen atoms in total. The molecule has 0 aliphatic carbocycles. The summed E-state index contributed by atoms with van der Waals surface area (Å²) >= 11 is 0. The van der Waals surface area contributed by atoms with Gasteiger partial charge in [0.25, 0.3) is 0 Å². The van der Waals surface area contributed by atoms with Crippen LogP contribution in [0.3, 0.4) is 0 Å². The Labute approximate surface area is 114 Å². The Kier molecular flexibility index (Phi) is 4.72. The van der Waals surface area contributed by atoms with Crippen molar-refractivity contribution in [3.8, 4) is 6.07 Å². The zero-order chi connectivity index (χ0) is 13.7. The summed E-state index contributed by atoms with van der Waals surface area (Å²) in [5.41, 5.74) is 0.442. The molecule has 2 heterocycles. The molecule has 1 aromatic heterocycles. The van der Waals surface area contributed by atoms with Gasteiger partial charge in [-0.25, -0.2) is 4.98 Å². The number of aromatic nitrogens is 1. The smallest absolute Gasteiger partial charge is 0.142 e. The summed E-state index contributed by atoms with van der Waals surface area (Å²) in [6.07, 6.45) is 0. The van der Waals surface area contributed by atoms with Gasteiger partial charge in [-0.2, -0.15) is 5.26 Å². The number of morpholine rings is 1. The summed E-state index contributed by atoms with van der Waals surface area (Å²) in [7, 11) is 0. The van der Waals surface area contributed by atoms with Gasteiger partial charge in [0, 0.05) is 25.2 Å². The fraction of sp³-hybridized carbons (Fsp3) is 0.571. The molecule has 102 valence electrons. The molecule has 19 heavy (non-hydrogen) atoms. The third kappa shape index (κ3) is 3.66. The van der Waals surface area contributed by atoms with Crippen LogP contribution in [0.15, 0.2) is 18.2 Å². The Morgan fingerprint density at radius 3 is 3.21 bits per heavy atom. The van der Waals surface area contributed by atoms with Crippen molar-refractivity contribution < 1.29 is 4.74 Å². The zero-order valence-corrected chi connectivity index (χ0v) is 11.5. The van der Waals surface area contributed by atoms with Crippen LogP contribution in [-0.4, -0.2) is 48.3 Å². The van der Waals surface area contributed by atoms with E-state index in [0.29, 0.717) is 17.8 Å². The molecular formula is C14H20N4O. The third-order valence-corrected chi connectivity index (χ3v) is 3.43. The van der Waals surface area contributed by atoms with Gasteiger partial charge in [-0.05, 0) is 26.0 Å². The highest BCUT2D eigenvalue weighted by Crippen LogP contribution is 2.12. The second-order valence-corrected chi connectivity index (χ2v) is 4.91. The molecule has 0 saturated carbocycles. The molecule has 1 aromatic rings. The third-order valence-electron chi connectivity index (χ3n) is 3.43. The predicted octanol–water partition coefficient (Wildman–Crippen LogP) is 1.47. The topological polar surface area (TPSA) is 61.2 Å². The Balaban J connectivity index is 1.89. The number of anilines is 1. The lowest BCUT2D eigenvalue weighted by atomic mass is 10.2. The van der Waals surface area contributed by atoms with Gasteiger partial charge in [-0.3, -0.25) is 4.90 Å². The van der Waals surface area contributed by atoms with Crippen molar-refractivity contribution in [1.82, 2.24) is 9.88 Å². The monoisotopic (exact) mass is 260 g/mol. The van der Waals surface area contributed by atoms with Crippen molar-refractivity contribution in [1.29, 1.82) is 5.26 Å². The second-order valence-electron chi connectivity index (χ2n) is 4.91. The average molecular weight is 260 g/mol. The van der Waals surface area contributed by atoms with Crippen LogP contribution in [-0.2, 0) is 4.74 Å². The first kappa shape index (κ1) is 13.8. The van der Waals surface area contributed by atoms with E-state index < -0.39 is 0 Å². The first-order valence-corrected chi connectivity index (χ1v) is 6.65. The zero-order valence-electron chi connectivity index (χ0n) is 11.5. The first-order valence-electron chi connectivity index (χ1n) is 6.65. The molecule has 1 fully saturated rings. The molecular weight excluding hydrogens is 240 g/mol. The summed E-state index contributed by atoms with van der Waals surface area (Å²) in [4.78, 5) is 6.65. The Morgan fingerprint density at radius 1 is 1.63 bits per heavy atom. The maximum atomic E-state index is 8.82. The van der Waals surface area contributed by atoms with Crippen molar-refractivity contribution in [3.63, 3.8) is 0 Å². The summed E-state index contributed by atoms with van der Waals surface area (Å²) in [6, 6.07) is 8.34. The number of nitrogens with one attached hydrogen (secondary N) is 1. The van der Waals surface area contributed by atoms with Crippen molar-refractivity contribution in [3.05, 3.63) is 23.9 Å². The summed E-state index contributed by atoms with van der Waals surface area (Å²) in [5, 5.41) is 12.1. The van der Waals surface area contributed by atoms with E-state index in [1.54, 1.807) is 6.07 Å².